The molecule has 1 rings (SSSR count). The summed E-state index contributed by atoms with van der Waals surface area (Å²) in [6, 6.07) is 0. The van der Waals surface area contributed by atoms with Gasteiger partial charge in [0.05, 0.1) is 6.10 Å². The van der Waals surface area contributed by atoms with E-state index >= 15 is 0 Å². The van der Waals surface area contributed by atoms with Gasteiger partial charge in [0.25, 0.3) is 0 Å². The number of aliphatic hydroxyl groups excluding tert-OH is 1. The Kier molecular flexibility index (Phi) is 2.73. The number of nitrogens with one attached hydrogen (secondary N) is 1. The van der Waals surface area contributed by atoms with Gasteiger partial charge in [-0.1, -0.05) is 0 Å². The summed E-state index contributed by atoms with van der Waals surface area (Å²) in [5, 5.41) is 8.37. The van der Waals surface area contributed by atoms with Crippen LogP contribution < -0.4 is 4.72 Å². The van der Waals surface area contributed by atoms with Crippen LogP contribution in [0.25, 0.3) is 0 Å². The van der Waals surface area contributed by atoms with E-state index in [1.54, 1.807) is 0 Å². The van der Waals surface area contributed by atoms with E-state index in [0.717, 1.165) is 0 Å². The van der Waals surface area contributed by atoms with Gasteiger partial charge in [-0.15, -0.1) is 0 Å². The van der Waals surface area contributed by atoms with Crippen molar-refractivity contribution >= 4 is 25.4 Å². The second kappa shape index (κ2) is 3.23. The first-order chi connectivity index (χ1) is 5.78. The average Bonchev–Trinajstić information content (AvgIpc) is 2.25. The number of hydrogen-bond acceptors (Lipinski definition) is 4. The third-order valence-electron chi connectivity index (χ3n) is 2.05. The molecule has 7 heteroatoms. The molecular weight excluding hydrogens is 214 g/mol. The molecule has 3 unspecified atom stereocenters. The Bertz CT molecular complexity index is 383. The lowest BCUT2D eigenvalue weighted by molar-refractivity contribution is 0.204. The molecule has 0 bridgehead atoms. The van der Waals surface area contributed by atoms with Gasteiger partial charge in [-0.3, -0.25) is 4.21 Å². The second-order valence-corrected chi connectivity index (χ2v) is 7.86. The predicted octanol–water partition coefficient (Wildman–Crippen LogP) is -2.00. The van der Waals surface area contributed by atoms with Gasteiger partial charge < -0.3 is 5.11 Å². The number of rotatable bonds is 2. The van der Waals surface area contributed by atoms with Crippen molar-refractivity contribution in [2.24, 2.45) is 0 Å². The summed E-state index contributed by atoms with van der Waals surface area (Å²) >= 11 is 0. The largest absolute Gasteiger partial charge is 0.391 e. The maximum absolute atomic E-state index is 11.4. The zero-order valence-electron chi connectivity index (χ0n) is 7.26. The van der Waals surface area contributed by atoms with Gasteiger partial charge in [-0.05, 0) is 22.4 Å². The highest BCUT2D eigenvalue weighted by molar-refractivity contribution is 8.02. The molecule has 1 aliphatic rings. The molecule has 0 radical (unpaired) electrons. The van der Waals surface area contributed by atoms with Crippen molar-refractivity contribution in [2.45, 2.75) is 11.4 Å². The van der Waals surface area contributed by atoms with Crippen LogP contribution >= 0.6 is 0 Å². The van der Waals surface area contributed by atoms with E-state index in [2.05, 4.69) is 10.6 Å². The van der Waals surface area contributed by atoms with Crippen LogP contribution in [0.15, 0.2) is 0 Å². The molecule has 2 N–H and O–H groups in total. The number of aliphatic hydroxyl groups is 1. The summed E-state index contributed by atoms with van der Waals surface area (Å²) in [7, 11) is -4.68. The monoisotopic (exact) mass is 227 g/mol. The topological polar surface area (TPSA) is 83.5 Å². The van der Waals surface area contributed by atoms with Gasteiger partial charge in [0.2, 0.25) is 10.0 Å². The highest BCUT2D eigenvalue weighted by Gasteiger charge is 2.40. The second-order valence-electron chi connectivity index (χ2n) is 3.15. The fourth-order valence-corrected chi connectivity index (χ4v) is 5.55. The Hall–Kier alpha value is -0.110. The van der Waals surface area contributed by atoms with Crippen molar-refractivity contribution in [3.05, 3.63) is 0 Å². The number of sulfonamides is 1. The summed E-state index contributed by atoms with van der Waals surface area (Å²) in [5.41, 5.74) is 0. The van der Waals surface area contributed by atoms with E-state index in [0.29, 0.717) is 0 Å². The molecule has 1 saturated heterocycles. The summed E-state index contributed by atoms with van der Waals surface area (Å²) in [4.78, 5) is 0. The van der Waals surface area contributed by atoms with Crippen LogP contribution in [0.2, 0.25) is 0 Å². The molecule has 1 aliphatic heterocycles. The Balaban J connectivity index is 2.99. The minimum Gasteiger partial charge on any atom is -0.391 e. The molecular formula is C6H13NO4S2. The first-order valence-electron chi connectivity index (χ1n) is 3.71. The molecule has 1 fully saturated rings. The lowest BCUT2D eigenvalue weighted by atomic mass is 10.3. The highest BCUT2D eigenvalue weighted by Crippen LogP contribution is 2.18. The molecule has 78 valence electrons. The Morgan fingerprint density at radius 1 is 1.54 bits per heavy atom. The molecule has 0 aliphatic carbocycles. The van der Waals surface area contributed by atoms with Crippen LogP contribution in [0.3, 0.4) is 0 Å². The van der Waals surface area contributed by atoms with Gasteiger partial charge in [0, 0.05) is 11.5 Å². The fourth-order valence-electron chi connectivity index (χ4n) is 1.34. The van der Waals surface area contributed by atoms with E-state index in [1.165, 1.54) is 7.05 Å². The van der Waals surface area contributed by atoms with E-state index in [-0.39, 0.29) is 11.5 Å². The molecule has 0 aromatic rings. The molecule has 0 saturated carbocycles. The maximum atomic E-state index is 11.4. The Morgan fingerprint density at radius 2 is 2.08 bits per heavy atom. The average molecular weight is 227 g/mol. The summed E-state index contributed by atoms with van der Waals surface area (Å²) < 4.78 is 36.1. The van der Waals surface area contributed by atoms with Crippen LogP contribution in [-0.2, 0) is 19.5 Å². The third-order valence-corrected chi connectivity index (χ3v) is 6.03. The smallest absolute Gasteiger partial charge is 0.217 e. The van der Waals surface area contributed by atoms with E-state index < -0.39 is 30.9 Å². The Morgan fingerprint density at radius 3 is 2.38 bits per heavy atom. The molecule has 1 heterocycles. The van der Waals surface area contributed by atoms with Gasteiger partial charge >= 0.3 is 0 Å². The first-order valence-corrected chi connectivity index (χ1v) is 7.33. The quantitative estimate of drug-likeness (QED) is 0.534. The van der Waals surface area contributed by atoms with Crippen LogP contribution in [0.1, 0.15) is 0 Å². The summed E-state index contributed by atoms with van der Waals surface area (Å²) in [5.74, 6) is 3.31. The highest BCUT2D eigenvalue weighted by atomic mass is 32.2. The zero-order valence-corrected chi connectivity index (χ0v) is 8.90. The minimum atomic E-state index is -3.54. The molecule has 0 amide bonds. The lowest BCUT2D eigenvalue weighted by Crippen LogP contribution is -2.39. The number of hydrogen-bond donors (Lipinski definition) is 2. The van der Waals surface area contributed by atoms with E-state index in [1.807, 2.05) is 0 Å². The van der Waals surface area contributed by atoms with E-state index in [9.17, 15) is 17.7 Å². The van der Waals surface area contributed by atoms with Crippen molar-refractivity contribution in [2.75, 3.05) is 18.6 Å². The minimum absolute atomic E-state index is 0.0292. The van der Waals surface area contributed by atoms with Crippen molar-refractivity contribution < 1.29 is 17.7 Å². The van der Waals surface area contributed by atoms with Crippen LogP contribution in [0, 0.1) is 0 Å². The van der Waals surface area contributed by atoms with Crippen molar-refractivity contribution in [1.82, 2.24) is 4.72 Å². The molecule has 0 aromatic heterocycles. The van der Waals surface area contributed by atoms with Gasteiger partial charge in [-0.2, -0.15) is 0 Å². The molecule has 3 atom stereocenters. The molecule has 0 aromatic carbocycles. The molecule has 13 heavy (non-hydrogen) atoms. The Labute approximate surface area is 78.2 Å². The normalized spacial score (nSPS) is 40.8. The van der Waals surface area contributed by atoms with Gasteiger partial charge in [-0.25, -0.2) is 13.1 Å². The predicted molar refractivity (Wildman–Crippen MR) is 52.8 cm³/mol. The van der Waals surface area contributed by atoms with Crippen molar-refractivity contribution in [3.8, 4) is 0 Å². The molecule has 0 spiro atoms. The maximum Gasteiger partial charge on any atom is 0.217 e. The lowest BCUT2D eigenvalue weighted by Gasteiger charge is -2.12. The standard InChI is InChI=1S/C6H13NO4S2/c1-7-13(10,11)6-4-12(2,9)3-5(6)8/h5-8H,2-4H2,1H3. The van der Waals surface area contributed by atoms with E-state index in [4.69, 9.17) is 0 Å². The summed E-state index contributed by atoms with van der Waals surface area (Å²) in [6.45, 7) is 0. The first kappa shape index (κ1) is 11.0. The third kappa shape index (κ3) is 2.22. The molecule has 5 nitrogen and oxygen atoms in total. The SMILES string of the molecule is C=S1(=O)CC(O)C(S(=O)(=O)NC)C1. The van der Waals surface area contributed by atoms with Crippen LogP contribution in [0.4, 0.5) is 0 Å². The van der Waals surface area contributed by atoms with Gasteiger partial charge in [0.15, 0.2) is 0 Å². The van der Waals surface area contributed by atoms with Gasteiger partial charge in [0.1, 0.15) is 5.25 Å². The van der Waals surface area contributed by atoms with Crippen molar-refractivity contribution in [1.29, 1.82) is 0 Å². The van der Waals surface area contributed by atoms with Crippen LogP contribution in [0.5, 0.6) is 0 Å². The summed E-state index contributed by atoms with van der Waals surface area (Å²) in [6.07, 6.45) is -1.07. The zero-order chi connectivity index (χ0) is 10.3. The van der Waals surface area contributed by atoms with Crippen LogP contribution in [-0.4, -0.2) is 53.5 Å². The van der Waals surface area contributed by atoms with Crippen molar-refractivity contribution in [3.63, 3.8) is 0 Å². The fraction of sp³-hybridized carbons (Fsp3) is 0.833.